The van der Waals surface area contributed by atoms with E-state index in [1.54, 1.807) is 36.4 Å². The Morgan fingerprint density at radius 1 is 1.18 bits per heavy atom. The first-order valence-electron chi connectivity index (χ1n) is 13.0. The Labute approximate surface area is 221 Å². The number of piperazine rings is 1. The average molecular weight is 511 g/mol. The summed E-state index contributed by atoms with van der Waals surface area (Å²) in [6, 6.07) is 13.1. The molecule has 3 aromatic rings. The number of nitriles is 1. The molecule has 3 N–H and O–H groups in total. The predicted molar refractivity (Wildman–Crippen MR) is 146 cm³/mol. The lowest BCUT2D eigenvalue weighted by Crippen LogP contribution is -2.64. The molecular weight excluding hydrogens is 480 g/mol. The summed E-state index contributed by atoms with van der Waals surface area (Å²) in [5.74, 6) is 1.20. The zero-order valence-corrected chi connectivity index (χ0v) is 21.4. The molecule has 6 rings (SSSR count). The molecule has 1 unspecified atom stereocenters. The number of benzene rings is 2. The molecule has 1 aromatic heterocycles. The zero-order valence-electron chi connectivity index (χ0n) is 21.4. The van der Waals surface area contributed by atoms with Crippen molar-refractivity contribution in [3.8, 4) is 11.8 Å². The largest absolute Gasteiger partial charge is 0.494 e. The first kappa shape index (κ1) is 24.0. The third kappa shape index (κ3) is 4.15. The number of carbonyl (C=O) groups excluding carboxylic acids is 1. The van der Waals surface area contributed by atoms with Crippen LogP contribution in [0.3, 0.4) is 0 Å². The molecular formula is C28H30N8O2. The van der Waals surface area contributed by atoms with Crippen LogP contribution in [-0.4, -0.2) is 52.3 Å². The maximum absolute atomic E-state index is 13.8. The van der Waals surface area contributed by atoms with E-state index >= 15 is 0 Å². The number of fused-ring (bicyclic) bond motifs is 2. The first-order valence-corrected chi connectivity index (χ1v) is 13.0. The van der Waals surface area contributed by atoms with Gasteiger partial charge < -0.3 is 15.4 Å². The highest BCUT2D eigenvalue weighted by Crippen LogP contribution is 2.38. The van der Waals surface area contributed by atoms with Gasteiger partial charge in [-0.15, -0.1) is 0 Å². The molecule has 2 aliphatic heterocycles. The molecule has 2 atom stereocenters. The van der Waals surface area contributed by atoms with Gasteiger partial charge in [-0.1, -0.05) is 25.3 Å². The molecule has 0 radical (unpaired) electrons. The van der Waals surface area contributed by atoms with Crippen LogP contribution in [0.15, 0.2) is 59.5 Å². The molecule has 194 valence electrons. The van der Waals surface area contributed by atoms with Crippen molar-refractivity contribution in [3.05, 3.63) is 60.1 Å². The lowest BCUT2D eigenvalue weighted by Gasteiger charge is -2.49. The van der Waals surface area contributed by atoms with E-state index in [-0.39, 0.29) is 24.2 Å². The van der Waals surface area contributed by atoms with Crippen LogP contribution in [0.5, 0.6) is 5.75 Å². The fourth-order valence-electron chi connectivity index (χ4n) is 5.82. The van der Waals surface area contributed by atoms with E-state index in [0.717, 1.165) is 48.0 Å². The highest BCUT2D eigenvalue weighted by Gasteiger charge is 2.46. The molecule has 0 spiro atoms. The highest BCUT2D eigenvalue weighted by atomic mass is 16.5. The normalized spacial score (nSPS) is 22.2. The first-order chi connectivity index (χ1) is 18.6. The number of nitrogens with one attached hydrogen (secondary N) is 3. The molecule has 2 fully saturated rings. The van der Waals surface area contributed by atoms with Crippen LogP contribution < -0.4 is 20.3 Å². The molecule has 0 bridgehead atoms. The van der Waals surface area contributed by atoms with E-state index in [0.29, 0.717) is 23.0 Å². The molecule has 3 aliphatic rings. The van der Waals surface area contributed by atoms with Crippen LogP contribution in [0.1, 0.15) is 44.6 Å². The van der Waals surface area contributed by atoms with Gasteiger partial charge >= 0.3 is 0 Å². The van der Waals surface area contributed by atoms with Crippen LogP contribution >= 0.6 is 0 Å². The lowest BCUT2D eigenvalue weighted by molar-refractivity contribution is -0.127. The van der Waals surface area contributed by atoms with Crippen LogP contribution in [0.2, 0.25) is 0 Å². The number of amides is 1. The van der Waals surface area contributed by atoms with Gasteiger partial charge in [-0.05, 0) is 44.0 Å². The van der Waals surface area contributed by atoms with Crippen LogP contribution in [0.25, 0.3) is 10.9 Å². The standard InChI is InChI=1S/C28H30N8O2/c1-17-27(37)36(21-10-6-7-18(11-21)14-29)24-16-30-28(33-26(24)35(17)20-8-4-3-5-9-20)32-23-12-19-15-31-34-22(19)13-25(23)38-2/h6-7,10-13,15-17,20,26H,3-5,8-9H2,1-2H3,(H,31,34)(H2,30,32,33)/t17-,26?/m1/s1. The molecule has 1 aliphatic carbocycles. The Bertz CT molecular complexity index is 1480. The number of hydrogen-bond donors (Lipinski definition) is 3. The maximum Gasteiger partial charge on any atom is 0.248 e. The molecule has 1 amide bonds. The number of nitrogens with zero attached hydrogens (tertiary/aromatic N) is 5. The van der Waals surface area contributed by atoms with Crippen LogP contribution in [0.4, 0.5) is 11.4 Å². The monoisotopic (exact) mass is 510 g/mol. The van der Waals surface area contributed by atoms with Crippen molar-refractivity contribution >= 4 is 34.1 Å². The van der Waals surface area contributed by atoms with E-state index in [1.807, 2.05) is 31.3 Å². The number of anilines is 2. The summed E-state index contributed by atoms with van der Waals surface area (Å²) < 4.78 is 5.62. The second-order valence-corrected chi connectivity index (χ2v) is 9.95. The minimum absolute atomic E-state index is 0.0198. The predicted octanol–water partition coefficient (Wildman–Crippen LogP) is 4.05. The topological polar surface area (TPSA) is 122 Å². The molecule has 38 heavy (non-hydrogen) atoms. The van der Waals surface area contributed by atoms with Gasteiger partial charge in [-0.25, -0.2) is 4.99 Å². The number of aliphatic imine (C=N–C) groups is 1. The molecule has 3 heterocycles. The van der Waals surface area contributed by atoms with E-state index in [9.17, 15) is 10.1 Å². The summed E-state index contributed by atoms with van der Waals surface area (Å²) in [5.41, 5.74) is 3.56. The van der Waals surface area contributed by atoms with Gasteiger partial charge in [-0.3, -0.25) is 19.7 Å². The number of hydrogen-bond acceptors (Lipinski definition) is 8. The summed E-state index contributed by atoms with van der Waals surface area (Å²) in [6.07, 6.45) is 8.85. The Hall–Kier alpha value is -4.36. The number of aromatic amines is 1. The van der Waals surface area contributed by atoms with Crippen molar-refractivity contribution in [2.24, 2.45) is 4.99 Å². The zero-order chi connectivity index (χ0) is 26.2. The fraction of sp³-hybridized carbons (Fsp3) is 0.357. The SMILES string of the molecule is COc1cc2[nH]ncc2cc1NC1=NC2C(=CN1)N(c1cccc(C#N)c1)C(=O)[C@@H](C)N2C1CCCCC1. The quantitative estimate of drug-likeness (QED) is 0.484. The molecule has 2 aromatic carbocycles. The van der Waals surface area contributed by atoms with Crippen LogP contribution in [-0.2, 0) is 4.79 Å². The van der Waals surface area contributed by atoms with Crippen molar-refractivity contribution in [2.75, 3.05) is 17.3 Å². The van der Waals surface area contributed by atoms with Gasteiger partial charge in [0.15, 0.2) is 0 Å². The minimum Gasteiger partial charge on any atom is -0.494 e. The van der Waals surface area contributed by atoms with Gasteiger partial charge in [0.25, 0.3) is 0 Å². The van der Waals surface area contributed by atoms with Crippen molar-refractivity contribution in [2.45, 2.75) is 57.3 Å². The van der Waals surface area contributed by atoms with Crippen molar-refractivity contribution in [1.82, 2.24) is 20.4 Å². The molecule has 10 heteroatoms. The summed E-state index contributed by atoms with van der Waals surface area (Å²) >= 11 is 0. The van der Waals surface area contributed by atoms with E-state index in [4.69, 9.17) is 9.73 Å². The summed E-state index contributed by atoms with van der Waals surface area (Å²) in [7, 11) is 1.63. The van der Waals surface area contributed by atoms with Crippen molar-refractivity contribution < 1.29 is 9.53 Å². The van der Waals surface area contributed by atoms with E-state index < -0.39 is 0 Å². The van der Waals surface area contributed by atoms with Gasteiger partial charge in [0, 0.05) is 23.7 Å². The third-order valence-electron chi connectivity index (χ3n) is 7.68. The summed E-state index contributed by atoms with van der Waals surface area (Å²) in [5, 5.41) is 24.1. The van der Waals surface area contributed by atoms with Crippen molar-refractivity contribution in [3.63, 3.8) is 0 Å². The number of methoxy groups -OCH3 is 1. The Balaban J connectivity index is 1.39. The summed E-state index contributed by atoms with van der Waals surface area (Å²) in [6.45, 7) is 1.97. The van der Waals surface area contributed by atoms with Gasteiger partial charge in [0.1, 0.15) is 11.9 Å². The van der Waals surface area contributed by atoms with Crippen LogP contribution in [0, 0.1) is 11.3 Å². The molecule has 10 nitrogen and oxygen atoms in total. The van der Waals surface area contributed by atoms with E-state index in [1.165, 1.54) is 6.42 Å². The number of H-pyrrole nitrogens is 1. The molecule has 1 saturated heterocycles. The number of ether oxygens (including phenoxy) is 1. The van der Waals surface area contributed by atoms with Gasteiger partial charge in [-0.2, -0.15) is 10.4 Å². The van der Waals surface area contributed by atoms with Gasteiger partial charge in [0.2, 0.25) is 11.9 Å². The molecule has 1 saturated carbocycles. The second-order valence-electron chi connectivity index (χ2n) is 9.95. The number of carbonyl (C=O) groups is 1. The third-order valence-corrected chi connectivity index (χ3v) is 7.68. The van der Waals surface area contributed by atoms with Crippen molar-refractivity contribution in [1.29, 1.82) is 5.26 Å². The highest BCUT2D eigenvalue weighted by molar-refractivity contribution is 6.03. The number of rotatable bonds is 4. The van der Waals surface area contributed by atoms with E-state index in [2.05, 4.69) is 31.8 Å². The fourth-order valence-corrected chi connectivity index (χ4v) is 5.82. The Kier molecular flexibility index (Phi) is 6.21. The smallest absolute Gasteiger partial charge is 0.248 e. The second kappa shape index (κ2) is 9.84. The maximum atomic E-state index is 13.8. The number of aromatic nitrogens is 2. The lowest BCUT2D eigenvalue weighted by atomic mass is 9.91. The number of guanidine groups is 1. The average Bonchev–Trinajstić information content (AvgIpc) is 3.41. The van der Waals surface area contributed by atoms with Gasteiger partial charge in [0.05, 0.1) is 53.6 Å². The minimum atomic E-state index is -0.371. The summed E-state index contributed by atoms with van der Waals surface area (Å²) in [4.78, 5) is 22.9. The Morgan fingerprint density at radius 2 is 2.03 bits per heavy atom. The Morgan fingerprint density at radius 3 is 2.82 bits per heavy atom.